The fourth-order valence-electron chi connectivity index (χ4n) is 1.82. The molecular weight excluding hydrogens is 408 g/mol. The maximum atomic E-state index is 4.23. The Labute approximate surface area is 165 Å². The summed E-state index contributed by atoms with van der Waals surface area (Å²) in [6.07, 6.45) is 9.96. The van der Waals surface area contributed by atoms with E-state index in [2.05, 4.69) is 40.3 Å². The molecule has 4 heterocycles. The number of hydrogen-bond acceptors (Lipinski definition) is 12. The number of aromatic nitrogens is 8. The van der Waals surface area contributed by atoms with E-state index in [1.165, 1.54) is 22.7 Å². The second-order valence-electron chi connectivity index (χ2n) is 4.62. The van der Waals surface area contributed by atoms with Crippen LogP contribution < -0.4 is 0 Å². The van der Waals surface area contributed by atoms with Gasteiger partial charge in [-0.15, -0.1) is 20.4 Å². The Morgan fingerprint density at radius 3 is 1.58 bits per heavy atom. The molecule has 0 spiro atoms. The van der Waals surface area contributed by atoms with Crippen molar-refractivity contribution in [2.24, 2.45) is 0 Å². The molecule has 0 bridgehead atoms. The predicted molar refractivity (Wildman–Crippen MR) is 103 cm³/mol. The zero-order valence-corrected chi connectivity index (χ0v) is 16.4. The van der Waals surface area contributed by atoms with E-state index in [1.54, 1.807) is 60.7 Å². The molecule has 130 valence electrons. The van der Waals surface area contributed by atoms with E-state index in [1.807, 2.05) is 0 Å². The van der Waals surface area contributed by atoms with Crippen molar-refractivity contribution >= 4 is 46.2 Å². The number of thioether (sulfide) groups is 2. The molecule has 0 aliphatic rings. The monoisotopic (exact) mass is 418 g/mol. The molecule has 0 saturated heterocycles. The lowest BCUT2D eigenvalue weighted by Gasteiger charge is -1.95. The van der Waals surface area contributed by atoms with Gasteiger partial charge in [0.25, 0.3) is 0 Å². The first-order chi connectivity index (χ1) is 12.9. The van der Waals surface area contributed by atoms with Crippen LogP contribution in [-0.4, -0.2) is 51.8 Å². The van der Waals surface area contributed by atoms with Crippen LogP contribution in [0.1, 0.15) is 0 Å². The smallest absolute Gasteiger partial charge is 0.174 e. The summed E-state index contributed by atoms with van der Waals surface area (Å²) in [5.41, 5.74) is 1.49. The SMILES string of the molecule is c1cnc(-c2nnc(SCCSc3nnc(-c4cnccn4)s3)s2)cn1. The standard InChI is InChI=1S/C14H10N8S4/c1-3-17-9(7-15-1)11-19-21-13(25-11)23-5-6-24-14-22-20-12(26-14)10-8-16-2-4-18-10/h1-4,7-8H,5-6H2. The van der Waals surface area contributed by atoms with E-state index in [0.29, 0.717) is 0 Å². The minimum Gasteiger partial charge on any atom is -0.261 e. The number of rotatable bonds is 7. The van der Waals surface area contributed by atoms with Gasteiger partial charge < -0.3 is 0 Å². The molecule has 0 aliphatic carbocycles. The summed E-state index contributed by atoms with van der Waals surface area (Å²) < 4.78 is 1.84. The molecule has 0 saturated carbocycles. The molecule has 4 aromatic rings. The molecule has 0 aliphatic heterocycles. The molecule has 0 aromatic carbocycles. The second-order valence-corrected chi connectivity index (χ2v) is 9.26. The summed E-state index contributed by atoms with van der Waals surface area (Å²) in [5, 5.41) is 18.3. The molecule has 0 radical (unpaired) electrons. The van der Waals surface area contributed by atoms with Gasteiger partial charge in [-0.25, -0.2) is 0 Å². The third-order valence-electron chi connectivity index (χ3n) is 2.91. The molecular formula is C14H10N8S4. The zero-order valence-electron chi connectivity index (χ0n) is 13.1. The van der Waals surface area contributed by atoms with Gasteiger partial charge in [0, 0.05) is 36.3 Å². The molecule has 0 N–H and O–H groups in total. The molecule has 8 nitrogen and oxygen atoms in total. The summed E-state index contributed by atoms with van der Waals surface area (Å²) in [7, 11) is 0. The summed E-state index contributed by atoms with van der Waals surface area (Å²) in [6.45, 7) is 0. The van der Waals surface area contributed by atoms with Crippen LogP contribution in [0.5, 0.6) is 0 Å². The maximum absolute atomic E-state index is 4.23. The normalized spacial score (nSPS) is 10.9. The predicted octanol–water partition coefficient (Wildman–Crippen LogP) is 3.19. The summed E-state index contributed by atoms with van der Waals surface area (Å²) >= 11 is 6.38. The second kappa shape index (κ2) is 8.58. The highest BCUT2D eigenvalue weighted by Crippen LogP contribution is 2.31. The van der Waals surface area contributed by atoms with E-state index in [0.717, 1.165) is 41.6 Å². The van der Waals surface area contributed by atoms with E-state index in [4.69, 9.17) is 0 Å². The molecule has 0 atom stereocenters. The van der Waals surface area contributed by atoms with Crippen molar-refractivity contribution in [2.75, 3.05) is 11.5 Å². The lowest BCUT2D eigenvalue weighted by molar-refractivity contribution is 1.01. The molecule has 4 rings (SSSR count). The average molecular weight is 419 g/mol. The summed E-state index contributed by atoms with van der Waals surface area (Å²) in [5.74, 6) is 1.81. The third kappa shape index (κ3) is 4.38. The average Bonchev–Trinajstić information content (AvgIpc) is 3.37. The molecule has 0 unspecified atom stereocenters. The van der Waals surface area contributed by atoms with Crippen molar-refractivity contribution < 1.29 is 0 Å². The van der Waals surface area contributed by atoms with E-state index >= 15 is 0 Å². The van der Waals surface area contributed by atoms with E-state index < -0.39 is 0 Å². The van der Waals surface area contributed by atoms with E-state index in [-0.39, 0.29) is 0 Å². The zero-order chi connectivity index (χ0) is 17.6. The van der Waals surface area contributed by atoms with Crippen molar-refractivity contribution in [3.8, 4) is 21.4 Å². The quantitative estimate of drug-likeness (QED) is 0.328. The van der Waals surface area contributed by atoms with Gasteiger partial charge in [0.05, 0.1) is 12.4 Å². The molecule has 4 aromatic heterocycles. The minimum absolute atomic E-state index is 0.747. The molecule has 12 heteroatoms. The first-order valence-electron chi connectivity index (χ1n) is 7.34. The van der Waals surface area contributed by atoms with Gasteiger partial charge in [-0.2, -0.15) is 0 Å². The van der Waals surface area contributed by atoms with Crippen molar-refractivity contribution in [1.82, 2.24) is 40.3 Å². The first-order valence-corrected chi connectivity index (χ1v) is 10.9. The van der Waals surface area contributed by atoms with Gasteiger partial charge in [0.1, 0.15) is 11.4 Å². The highest BCUT2D eigenvalue weighted by atomic mass is 32.2. The minimum atomic E-state index is 0.747. The first kappa shape index (κ1) is 17.4. The van der Waals surface area contributed by atoms with Gasteiger partial charge in [0.2, 0.25) is 0 Å². The van der Waals surface area contributed by atoms with Gasteiger partial charge in [0.15, 0.2) is 18.7 Å². The van der Waals surface area contributed by atoms with Gasteiger partial charge >= 0.3 is 0 Å². The number of nitrogens with zero attached hydrogens (tertiary/aromatic N) is 8. The fourth-order valence-corrected chi connectivity index (χ4v) is 5.56. The van der Waals surface area contributed by atoms with Gasteiger partial charge in [-0.05, 0) is 0 Å². The highest BCUT2D eigenvalue weighted by molar-refractivity contribution is 8.04. The van der Waals surface area contributed by atoms with Crippen LogP contribution in [0.3, 0.4) is 0 Å². The van der Waals surface area contributed by atoms with Crippen molar-refractivity contribution in [3.63, 3.8) is 0 Å². The van der Waals surface area contributed by atoms with Crippen LogP contribution >= 0.6 is 46.2 Å². The van der Waals surface area contributed by atoms with Crippen LogP contribution in [0.15, 0.2) is 45.9 Å². The van der Waals surface area contributed by atoms with Crippen molar-refractivity contribution in [3.05, 3.63) is 37.2 Å². The fraction of sp³-hybridized carbons (Fsp3) is 0.143. The van der Waals surface area contributed by atoms with Gasteiger partial charge in [-0.3, -0.25) is 19.9 Å². The lowest BCUT2D eigenvalue weighted by Crippen LogP contribution is -1.84. The van der Waals surface area contributed by atoms with E-state index in [9.17, 15) is 0 Å². The molecule has 0 amide bonds. The Balaban J connectivity index is 1.27. The maximum Gasteiger partial charge on any atom is 0.174 e. The lowest BCUT2D eigenvalue weighted by atomic mass is 10.5. The Morgan fingerprint density at radius 1 is 0.654 bits per heavy atom. The Kier molecular flexibility index (Phi) is 5.74. The largest absolute Gasteiger partial charge is 0.261 e. The van der Waals surface area contributed by atoms with Crippen LogP contribution in [-0.2, 0) is 0 Å². The third-order valence-corrected chi connectivity index (χ3v) is 7.33. The van der Waals surface area contributed by atoms with Crippen LogP contribution in [0.25, 0.3) is 21.4 Å². The number of hydrogen-bond donors (Lipinski definition) is 0. The molecule has 0 fully saturated rings. The van der Waals surface area contributed by atoms with Crippen LogP contribution in [0.4, 0.5) is 0 Å². The van der Waals surface area contributed by atoms with Crippen LogP contribution in [0.2, 0.25) is 0 Å². The summed E-state index contributed by atoms with van der Waals surface area (Å²) in [6, 6.07) is 0. The topological polar surface area (TPSA) is 103 Å². The Morgan fingerprint density at radius 2 is 1.15 bits per heavy atom. The Hall–Kier alpha value is -2.02. The summed E-state index contributed by atoms with van der Waals surface area (Å²) in [4.78, 5) is 16.6. The highest BCUT2D eigenvalue weighted by Gasteiger charge is 2.10. The molecule has 26 heavy (non-hydrogen) atoms. The Bertz CT molecular complexity index is 880. The van der Waals surface area contributed by atoms with Gasteiger partial charge in [-0.1, -0.05) is 46.2 Å². The van der Waals surface area contributed by atoms with Crippen molar-refractivity contribution in [2.45, 2.75) is 8.68 Å². The van der Waals surface area contributed by atoms with Crippen molar-refractivity contribution in [1.29, 1.82) is 0 Å². The van der Waals surface area contributed by atoms with Crippen LogP contribution in [0, 0.1) is 0 Å².